The van der Waals surface area contributed by atoms with Crippen LogP contribution >= 0.6 is 22.6 Å². The van der Waals surface area contributed by atoms with Gasteiger partial charge in [0.2, 0.25) is 0 Å². The summed E-state index contributed by atoms with van der Waals surface area (Å²) in [6.45, 7) is 12.1. The van der Waals surface area contributed by atoms with Crippen molar-refractivity contribution in [2.45, 2.75) is 64.4 Å². The van der Waals surface area contributed by atoms with E-state index in [1.807, 2.05) is 6.08 Å². The fourth-order valence-corrected chi connectivity index (χ4v) is 4.93. The largest absolute Gasteiger partial charge is 0.356 e. The van der Waals surface area contributed by atoms with Gasteiger partial charge in [-0.05, 0) is 72.9 Å². The number of rotatable bonds is 3. The Labute approximate surface area is 154 Å². The second-order valence-electron chi connectivity index (χ2n) is 7.70. The smallest absolute Gasteiger partial charge is 0.130 e. The Bertz CT molecular complexity index is 571. The molecule has 0 N–H and O–H groups in total. The van der Waals surface area contributed by atoms with Crippen molar-refractivity contribution >= 4 is 22.6 Å². The highest BCUT2D eigenvalue weighted by molar-refractivity contribution is 14.1. The number of benzene rings is 1. The average molecular weight is 425 g/mol. The maximum atomic E-state index is 6.48. The molecule has 1 saturated carbocycles. The van der Waals surface area contributed by atoms with Crippen LogP contribution in [0.2, 0.25) is 0 Å². The Balaban J connectivity index is 1.88. The monoisotopic (exact) mass is 425 g/mol. The molecule has 4 atom stereocenters. The van der Waals surface area contributed by atoms with Crippen LogP contribution in [-0.2, 0) is 11.3 Å². The first-order valence-electron chi connectivity index (χ1n) is 8.71. The van der Waals surface area contributed by atoms with Gasteiger partial charge in [-0.15, -0.1) is 0 Å². The molecule has 3 rings (SSSR count). The molecule has 1 aliphatic carbocycles. The Kier molecular flexibility index (Phi) is 5.19. The Morgan fingerprint density at radius 3 is 2.78 bits per heavy atom. The van der Waals surface area contributed by atoms with Crippen LogP contribution in [0.15, 0.2) is 36.9 Å². The lowest BCUT2D eigenvalue weighted by atomic mass is 9.69. The van der Waals surface area contributed by atoms with Crippen LogP contribution in [0, 0.1) is 15.4 Å². The van der Waals surface area contributed by atoms with Crippen LogP contribution in [0.4, 0.5) is 0 Å². The molecule has 2 nitrogen and oxygen atoms in total. The molecule has 1 heterocycles. The van der Waals surface area contributed by atoms with E-state index in [9.17, 15) is 0 Å². The highest BCUT2D eigenvalue weighted by Crippen LogP contribution is 2.45. The molecule has 0 radical (unpaired) electrons. The number of halogens is 1. The van der Waals surface area contributed by atoms with Crippen molar-refractivity contribution in [1.29, 1.82) is 0 Å². The molecule has 0 bridgehead atoms. The number of hydrogen-bond acceptors (Lipinski definition) is 2. The van der Waals surface area contributed by atoms with Crippen molar-refractivity contribution in [3.63, 3.8) is 0 Å². The third-order valence-corrected chi connectivity index (χ3v) is 6.88. The number of hydrogen-bond donors (Lipinski definition) is 0. The molecule has 1 aromatic carbocycles. The highest BCUT2D eigenvalue weighted by Gasteiger charge is 2.49. The lowest BCUT2D eigenvalue weighted by Gasteiger charge is -2.56. The second kappa shape index (κ2) is 6.85. The predicted octanol–water partition coefficient (Wildman–Crippen LogP) is 5.22. The first-order chi connectivity index (χ1) is 10.9. The fraction of sp³-hybridized carbons (Fsp3) is 0.600. The summed E-state index contributed by atoms with van der Waals surface area (Å²) in [5, 5.41) is 0. The van der Waals surface area contributed by atoms with Crippen molar-refractivity contribution in [2.24, 2.45) is 11.8 Å². The van der Waals surface area contributed by atoms with E-state index in [4.69, 9.17) is 4.74 Å². The van der Waals surface area contributed by atoms with Crippen molar-refractivity contribution in [3.8, 4) is 0 Å². The van der Waals surface area contributed by atoms with Crippen LogP contribution in [-0.4, -0.2) is 22.8 Å². The van der Waals surface area contributed by atoms with Gasteiger partial charge in [0.1, 0.15) is 6.23 Å². The molecule has 1 saturated heterocycles. The standard InChI is InChI=1S/C20H28INO/c1-5-19-22(13-15-8-6-7-9-17(15)21)20(3,4)16-11-10-14(2)12-18(16)23-19/h5-9,14,16,18-19H,1,10-13H2,2-4H3/t14-,16-,18-,19+/m1/s1. The van der Waals surface area contributed by atoms with Crippen molar-refractivity contribution in [2.75, 3.05) is 0 Å². The summed E-state index contributed by atoms with van der Waals surface area (Å²) in [6, 6.07) is 8.64. The molecule has 0 amide bonds. The Hall–Kier alpha value is -0.390. The molecule has 0 aromatic heterocycles. The van der Waals surface area contributed by atoms with E-state index < -0.39 is 0 Å². The molecule has 23 heavy (non-hydrogen) atoms. The molecule has 0 spiro atoms. The third kappa shape index (κ3) is 3.38. The van der Waals surface area contributed by atoms with Crippen molar-refractivity contribution < 1.29 is 4.74 Å². The minimum absolute atomic E-state index is 0.00700. The van der Waals surface area contributed by atoms with Gasteiger partial charge in [-0.25, -0.2) is 0 Å². The lowest BCUT2D eigenvalue weighted by Crippen LogP contribution is -2.63. The molecule has 3 heteroatoms. The second-order valence-corrected chi connectivity index (χ2v) is 8.86. The average Bonchev–Trinajstić information content (AvgIpc) is 2.51. The third-order valence-electron chi connectivity index (χ3n) is 5.82. The number of nitrogens with zero attached hydrogens (tertiary/aromatic N) is 1. The van der Waals surface area contributed by atoms with Gasteiger partial charge in [-0.2, -0.15) is 0 Å². The zero-order chi connectivity index (χ0) is 16.6. The van der Waals surface area contributed by atoms with E-state index in [2.05, 4.69) is 79.1 Å². The number of fused-ring (bicyclic) bond motifs is 1. The summed E-state index contributed by atoms with van der Waals surface area (Å²) >= 11 is 2.43. The van der Waals surface area contributed by atoms with Gasteiger partial charge >= 0.3 is 0 Å². The molecule has 2 aliphatic rings. The van der Waals surface area contributed by atoms with Crippen LogP contribution in [0.1, 0.15) is 45.6 Å². The predicted molar refractivity (Wildman–Crippen MR) is 104 cm³/mol. The van der Waals surface area contributed by atoms with E-state index in [1.54, 1.807) is 0 Å². The van der Waals surface area contributed by atoms with E-state index in [0.29, 0.717) is 12.0 Å². The summed E-state index contributed by atoms with van der Waals surface area (Å²) in [4.78, 5) is 2.51. The first kappa shape index (κ1) is 17.4. The molecule has 126 valence electrons. The van der Waals surface area contributed by atoms with Gasteiger partial charge < -0.3 is 4.74 Å². The van der Waals surface area contributed by atoms with Gasteiger partial charge in [0.25, 0.3) is 0 Å². The quantitative estimate of drug-likeness (QED) is 0.487. The molecule has 0 unspecified atom stereocenters. The Morgan fingerprint density at radius 1 is 1.35 bits per heavy atom. The minimum atomic E-state index is 0.00700. The summed E-state index contributed by atoms with van der Waals surface area (Å²) in [5.74, 6) is 1.38. The normalized spacial score (nSPS) is 33.9. The van der Waals surface area contributed by atoms with Gasteiger partial charge in [0, 0.05) is 21.6 Å². The molecular formula is C20H28INO. The molecular weight excluding hydrogens is 397 g/mol. The van der Waals surface area contributed by atoms with Crippen molar-refractivity contribution in [1.82, 2.24) is 4.90 Å². The maximum absolute atomic E-state index is 6.48. The molecule has 1 aromatic rings. The fourth-order valence-electron chi connectivity index (χ4n) is 4.37. The van der Waals surface area contributed by atoms with E-state index >= 15 is 0 Å². The number of ether oxygens (including phenoxy) is 1. The summed E-state index contributed by atoms with van der Waals surface area (Å²) in [7, 11) is 0. The molecule has 1 aliphatic heterocycles. The maximum Gasteiger partial charge on any atom is 0.130 e. The van der Waals surface area contributed by atoms with E-state index in [0.717, 1.165) is 12.5 Å². The lowest BCUT2D eigenvalue weighted by molar-refractivity contribution is -0.219. The summed E-state index contributed by atoms with van der Waals surface area (Å²) in [5.41, 5.74) is 1.50. The van der Waals surface area contributed by atoms with Gasteiger partial charge in [0.05, 0.1) is 6.10 Å². The van der Waals surface area contributed by atoms with Crippen LogP contribution in [0.25, 0.3) is 0 Å². The first-order valence-corrected chi connectivity index (χ1v) is 9.79. The Morgan fingerprint density at radius 2 is 2.09 bits per heavy atom. The van der Waals surface area contributed by atoms with Gasteiger partial charge in [-0.1, -0.05) is 38.1 Å². The zero-order valence-electron chi connectivity index (χ0n) is 14.5. The van der Waals surface area contributed by atoms with Gasteiger partial charge in [-0.3, -0.25) is 4.90 Å². The minimum Gasteiger partial charge on any atom is -0.356 e. The summed E-state index contributed by atoms with van der Waals surface area (Å²) in [6.07, 6.45) is 6.15. The SMILES string of the molecule is C=C[C@@H]1O[C@@H]2C[C@H](C)CC[C@H]2C(C)(C)N1Cc1ccccc1I. The molecule has 2 fully saturated rings. The van der Waals surface area contributed by atoms with Crippen molar-refractivity contribution in [3.05, 3.63) is 46.1 Å². The topological polar surface area (TPSA) is 12.5 Å². The van der Waals surface area contributed by atoms with Crippen LogP contribution in [0.3, 0.4) is 0 Å². The van der Waals surface area contributed by atoms with Crippen LogP contribution < -0.4 is 0 Å². The highest BCUT2D eigenvalue weighted by atomic mass is 127. The van der Waals surface area contributed by atoms with Gasteiger partial charge in [0.15, 0.2) is 0 Å². The van der Waals surface area contributed by atoms with E-state index in [1.165, 1.54) is 28.4 Å². The van der Waals surface area contributed by atoms with Crippen LogP contribution in [0.5, 0.6) is 0 Å². The zero-order valence-corrected chi connectivity index (χ0v) is 16.6. The van der Waals surface area contributed by atoms with E-state index in [-0.39, 0.29) is 11.8 Å². The summed E-state index contributed by atoms with van der Waals surface area (Å²) < 4.78 is 7.80.